The summed E-state index contributed by atoms with van der Waals surface area (Å²) in [5.74, 6) is 1.73. The Morgan fingerprint density at radius 1 is 0.460 bits per heavy atom. The Hall–Kier alpha value is -5.55. The average Bonchev–Trinajstić information content (AvgIpc) is 3.53. The molecule has 0 N–H and O–H groups in total. The van der Waals surface area contributed by atoms with Crippen LogP contribution in [0.2, 0.25) is 0 Å². The van der Waals surface area contributed by atoms with E-state index in [-0.39, 0.29) is 32.7 Å². The minimum atomic E-state index is 0. The molecule has 0 aliphatic rings. The number of nitrogens with zero attached hydrogens (tertiary/aromatic N) is 4. The molecule has 2 aromatic heterocycles. The van der Waals surface area contributed by atoms with Gasteiger partial charge in [-0.05, 0) is 23.3 Å². The van der Waals surface area contributed by atoms with Crippen LogP contribution in [-0.4, -0.2) is 19.5 Å². The third kappa shape index (κ3) is 5.77. The fraction of sp³-hybridized carbons (Fsp3) is 0. The number of rotatable bonds is 6. The largest absolute Gasteiger partial charge is 0.278 e. The van der Waals surface area contributed by atoms with E-state index in [1.807, 2.05) is 60.7 Å². The van der Waals surface area contributed by atoms with Gasteiger partial charge < -0.3 is 0 Å². The SMILES string of the molecule is [Y].[c-]1ccccc1-c1[c-]c(-c2ccccc2)c(-c2nc(-c3ccccc3)nc(-n3c4ccccc4c4ccccc43)n2)c(-c2ccccc2)c1. The third-order valence-electron chi connectivity index (χ3n) is 8.87. The van der Waals surface area contributed by atoms with Crippen molar-refractivity contribution in [1.29, 1.82) is 0 Å². The van der Waals surface area contributed by atoms with Crippen LogP contribution >= 0.6 is 0 Å². The molecule has 0 unspecified atom stereocenters. The Morgan fingerprint density at radius 2 is 1.00 bits per heavy atom. The van der Waals surface area contributed by atoms with Crippen molar-refractivity contribution in [3.63, 3.8) is 0 Å². The van der Waals surface area contributed by atoms with E-state index in [2.05, 4.69) is 126 Å². The molecule has 1 radical (unpaired) electrons. The molecule has 0 amide bonds. The van der Waals surface area contributed by atoms with Gasteiger partial charge in [-0.25, -0.2) is 15.5 Å². The zero-order valence-corrected chi connectivity index (χ0v) is 29.9. The van der Waals surface area contributed by atoms with Gasteiger partial charge in [-0.2, -0.15) is 46.9 Å². The van der Waals surface area contributed by atoms with E-state index in [1.165, 1.54) is 0 Å². The van der Waals surface area contributed by atoms with E-state index in [0.717, 1.165) is 66.3 Å². The average molecular weight is 714 g/mol. The van der Waals surface area contributed by atoms with Crippen LogP contribution in [0.3, 0.4) is 0 Å². The molecule has 0 aliphatic heterocycles. The quantitative estimate of drug-likeness (QED) is 0.161. The Morgan fingerprint density at radius 3 is 1.62 bits per heavy atom. The number of para-hydroxylation sites is 2. The zero-order valence-electron chi connectivity index (χ0n) is 27.0. The van der Waals surface area contributed by atoms with Crippen LogP contribution in [0.5, 0.6) is 0 Å². The molecule has 0 spiro atoms. The van der Waals surface area contributed by atoms with E-state index in [9.17, 15) is 0 Å². The summed E-state index contributed by atoms with van der Waals surface area (Å²) in [4.78, 5) is 15.8. The van der Waals surface area contributed by atoms with Crippen molar-refractivity contribution in [2.24, 2.45) is 0 Å². The molecule has 7 aromatic carbocycles. The van der Waals surface area contributed by atoms with Gasteiger partial charge in [-0.1, -0.05) is 139 Å². The van der Waals surface area contributed by atoms with E-state index in [0.29, 0.717) is 17.6 Å². The number of fused-ring (bicyclic) bond motifs is 3. The molecular weight excluding hydrogens is 685 g/mol. The van der Waals surface area contributed by atoms with Gasteiger partial charge >= 0.3 is 0 Å². The van der Waals surface area contributed by atoms with E-state index >= 15 is 0 Å². The number of aromatic nitrogens is 4. The maximum absolute atomic E-state index is 5.36. The fourth-order valence-electron chi connectivity index (χ4n) is 6.62. The Kier molecular flexibility index (Phi) is 8.72. The van der Waals surface area contributed by atoms with Crippen molar-refractivity contribution < 1.29 is 32.7 Å². The molecule has 233 valence electrons. The van der Waals surface area contributed by atoms with Gasteiger partial charge in [0.05, 0.1) is 11.0 Å². The molecule has 0 aliphatic carbocycles. The first-order valence-electron chi connectivity index (χ1n) is 16.3. The van der Waals surface area contributed by atoms with Gasteiger partial charge in [0.2, 0.25) is 5.95 Å². The minimum Gasteiger partial charge on any atom is -0.278 e. The van der Waals surface area contributed by atoms with Crippen molar-refractivity contribution in [3.8, 4) is 62.1 Å². The van der Waals surface area contributed by atoms with Gasteiger partial charge in [-0.3, -0.25) is 4.57 Å². The van der Waals surface area contributed by atoms with E-state index in [1.54, 1.807) is 0 Å². The summed E-state index contributed by atoms with van der Waals surface area (Å²) in [6.07, 6.45) is 0. The van der Waals surface area contributed by atoms with Gasteiger partial charge in [0, 0.05) is 49.0 Å². The zero-order chi connectivity index (χ0) is 32.6. The number of benzene rings is 7. The van der Waals surface area contributed by atoms with Crippen LogP contribution in [0, 0.1) is 12.1 Å². The van der Waals surface area contributed by atoms with Crippen LogP contribution in [0.25, 0.3) is 83.9 Å². The Bertz CT molecular complexity index is 2470. The predicted octanol–water partition coefficient (Wildman–Crippen LogP) is 10.9. The van der Waals surface area contributed by atoms with Gasteiger partial charge in [0.1, 0.15) is 5.82 Å². The van der Waals surface area contributed by atoms with E-state index in [4.69, 9.17) is 15.0 Å². The molecule has 0 saturated heterocycles. The second kappa shape index (κ2) is 13.8. The van der Waals surface area contributed by atoms with Gasteiger partial charge in [-0.15, -0.1) is 11.6 Å². The molecule has 0 atom stereocenters. The Balaban J connectivity index is 0.00000361. The summed E-state index contributed by atoms with van der Waals surface area (Å²) in [6, 6.07) is 65.3. The van der Waals surface area contributed by atoms with Crippen LogP contribution in [-0.2, 0) is 32.7 Å². The summed E-state index contributed by atoms with van der Waals surface area (Å²) in [5.41, 5.74) is 9.77. The summed E-state index contributed by atoms with van der Waals surface area (Å²) >= 11 is 0. The molecule has 9 rings (SSSR count). The van der Waals surface area contributed by atoms with Crippen LogP contribution < -0.4 is 0 Å². The topological polar surface area (TPSA) is 43.6 Å². The number of hydrogen-bond acceptors (Lipinski definition) is 3. The van der Waals surface area contributed by atoms with Crippen molar-refractivity contribution in [2.75, 3.05) is 0 Å². The van der Waals surface area contributed by atoms with Crippen molar-refractivity contribution >= 4 is 21.8 Å². The van der Waals surface area contributed by atoms with Crippen molar-refractivity contribution in [3.05, 3.63) is 182 Å². The first kappa shape index (κ1) is 31.7. The number of hydrogen-bond donors (Lipinski definition) is 0. The van der Waals surface area contributed by atoms with Gasteiger partial charge in [0.15, 0.2) is 5.82 Å². The van der Waals surface area contributed by atoms with Crippen molar-refractivity contribution in [2.45, 2.75) is 0 Å². The minimum absolute atomic E-state index is 0. The molecule has 5 heteroatoms. The Labute approximate surface area is 316 Å². The molecule has 2 heterocycles. The second-order valence-electron chi connectivity index (χ2n) is 11.9. The summed E-state index contributed by atoms with van der Waals surface area (Å²) < 4.78 is 2.16. The van der Waals surface area contributed by atoms with Crippen LogP contribution in [0.4, 0.5) is 0 Å². The predicted molar refractivity (Wildman–Crippen MR) is 199 cm³/mol. The van der Waals surface area contributed by atoms with E-state index < -0.39 is 0 Å². The molecule has 4 nitrogen and oxygen atoms in total. The summed E-state index contributed by atoms with van der Waals surface area (Å²) in [5, 5.41) is 2.29. The first-order valence-corrected chi connectivity index (χ1v) is 16.3. The normalized spacial score (nSPS) is 11.0. The maximum Gasteiger partial charge on any atom is 0.238 e. The molecule has 9 aromatic rings. The monoisotopic (exact) mass is 713 g/mol. The second-order valence-corrected chi connectivity index (χ2v) is 11.9. The smallest absolute Gasteiger partial charge is 0.238 e. The maximum atomic E-state index is 5.36. The summed E-state index contributed by atoms with van der Waals surface area (Å²) in [7, 11) is 0. The molecule has 0 fully saturated rings. The standard InChI is InChI=1S/C45H28N4.Y/c1-5-17-31(18-6-1)35-29-38(32-19-7-2-8-20-32)42(39(30-35)33-21-9-3-10-22-33)44-46-43(34-23-11-4-12-24-34)47-45(48-44)49-40-27-15-13-25-36(40)37-26-14-16-28-41(37)49;/h1-17,19-29H;/q-2;. The first-order chi connectivity index (χ1) is 24.3. The molecule has 0 saturated carbocycles. The molecule has 0 bridgehead atoms. The molecule has 50 heavy (non-hydrogen) atoms. The fourth-order valence-corrected chi connectivity index (χ4v) is 6.62. The molecular formula is C45H28N4Y-2. The van der Waals surface area contributed by atoms with Crippen LogP contribution in [0.1, 0.15) is 0 Å². The van der Waals surface area contributed by atoms with Crippen LogP contribution in [0.15, 0.2) is 170 Å². The van der Waals surface area contributed by atoms with Crippen molar-refractivity contribution in [1.82, 2.24) is 19.5 Å². The third-order valence-corrected chi connectivity index (χ3v) is 8.87. The summed E-state index contributed by atoms with van der Waals surface area (Å²) in [6.45, 7) is 0. The van der Waals surface area contributed by atoms with Gasteiger partial charge in [0.25, 0.3) is 0 Å².